The summed E-state index contributed by atoms with van der Waals surface area (Å²) < 4.78 is 0. The van der Waals surface area contributed by atoms with Gasteiger partial charge >= 0.3 is 0 Å². The fourth-order valence-corrected chi connectivity index (χ4v) is 2.15. The first kappa shape index (κ1) is 11.9. The van der Waals surface area contributed by atoms with Gasteiger partial charge in [-0.3, -0.25) is 4.98 Å². The smallest absolute Gasteiger partial charge is 0.114 e. The molecule has 1 heterocycles. The second-order valence-corrected chi connectivity index (χ2v) is 4.80. The number of benzene rings is 1. The summed E-state index contributed by atoms with van der Waals surface area (Å²) in [6.45, 7) is 3.02. The first-order chi connectivity index (χ1) is 8.34. The predicted molar refractivity (Wildman–Crippen MR) is 72.4 cm³/mol. The Bertz CT molecular complexity index is 459. The first-order valence-electron chi connectivity index (χ1n) is 5.54. The van der Waals surface area contributed by atoms with E-state index in [0.29, 0.717) is 0 Å². The van der Waals surface area contributed by atoms with Crippen LogP contribution < -0.4 is 5.32 Å². The summed E-state index contributed by atoms with van der Waals surface area (Å²) in [6, 6.07) is 8.39. The van der Waals surface area contributed by atoms with Crippen molar-refractivity contribution in [3.05, 3.63) is 48.4 Å². The molecule has 17 heavy (non-hydrogen) atoms. The van der Waals surface area contributed by atoms with Gasteiger partial charge in [0.25, 0.3) is 0 Å². The first-order valence-corrected chi connectivity index (χ1v) is 6.52. The van der Waals surface area contributed by atoms with Crippen LogP contribution in [0.3, 0.4) is 0 Å². The largest absolute Gasteiger partial charge is 0.384 e. The van der Waals surface area contributed by atoms with E-state index < -0.39 is 0 Å². The van der Waals surface area contributed by atoms with Gasteiger partial charge in [-0.1, -0.05) is 12.1 Å². The molecule has 0 amide bonds. The summed E-state index contributed by atoms with van der Waals surface area (Å²) in [5.41, 5.74) is 2.45. The third kappa shape index (κ3) is 4.07. The Labute approximate surface area is 106 Å². The fourth-order valence-electron chi connectivity index (χ4n) is 1.47. The molecule has 0 bridgehead atoms. The fraction of sp³-hybridized carbons (Fsp3) is 0.231. The number of hydrogen-bond acceptors (Lipinski definition) is 4. The average Bonchev–Trinajstić information content (AvgIpc) is 2.36. The quantitative estimate of drug-likeness (QED) is 0.649. The predicted octanol–water partition coefficient (Wildman–Crippen LogP) is 2.99. The molecule has 0 spiro atoms. The van der Waals surface area contributed by atoms with Gasteiger partial charge in [-0.05, 0) is 24.6 Å². The van der Waals surface area contributed by atoms with Crippen LogP contribution in [0.2, 0.25) is 0 Å². The van der Waals surface area contributed by atoms with Crippen molar-refractivity contribution < 1.29 is 0 Å². The van der Waals surface area contributed by atoms with Crippen molar-refractivity contribution in [3.63, 3.8) is 0 Å². The van der Waals surface area contributed by atoms with E-state index in [-0.39, 0.29) is 0 Å². The second-order valence-electron chi connectivity index (χ2n) is 3.69. The van der Waals surface area contributed by atoms with Crippen molar-refractivity contribution in [2.24, 2.45) is 0 Å². The van der Waals surface area contributed by atoms with Gasteiger partial charge in [0.05, 0.1) is 6.20 Å². The van der Waals surface area contributed by atoms with Crippen LogP contribution >= 0.6 is 11.8 Å². The molecule has 0 saturated heterocycles. The molecule has 0 saturated carbocycles. The highest BCUT2D eigenvalue weighted by molar-refractivity contribution is 7.99. The van der Waals surface area contributed by atoms with E-state index in [1.165, 1.54) is 11.3 Å². The third-order valence-electron chi connectivity index (χ3n) is 2.24. The van der Waals surface area contributed by atoms with Gasteiger partial charge in [0.1, 0.15) is 5.03 Å². The third-order valence-corrected chi connectivity index (χ3v) is 3.15. The van der Waals surface area contributed by atoms with E-state index in [4.69, 9.17) is 0 Å². The highest BCUT2D eigenvalue weighted by atomic mass is 32.2. The zero-order chi connectivity index (χ0) is 11.9. The lowest BCUT2D eigenvalue weighted by Crippen LogP contribution is -2.04. The van der Waals surface area contributed by atoms with Gasteiger partial charge in [-0.15, -0.1) is 11.8 Å². The Morgan fingerprint density at radius 2 is 2.24 bits per heavy atom. The Morgan fingerprint density at radius 3 is 3.00 bits per heavy atom. The number of rotatable bonds is 5. The maximum Gasteiger partial charge on any atom is 0.114 e. The number of anilines is 1. The van der Waals surface area contributed by atoms with E-state index in [2.05, 4.69) is 46.5 Å². The van der Waals surface area contributed by atoms with Gasteiger partial charge in [-0.25, -0.2) is 4.98 Å². The molecule has 2 aromatic rings. The molecular weight excluding hydrogens is 230 g/mol. The molecule has 1 aromatic carbocycles. The normalized spacial score (nSPS) is 10.2. The van der Waals surface area contributed by atoms with Crippen LogP contribution in [0, 0.1) is 6.92 Å². The molecule has 0 aliphatic carbocycles. The summed E-state index contributed by atoms with van der Waals surface area (Å²) in [5.74, 6) is 0.979. The standard InChI is InChI=1S/C13H15N3S/c1-11-3-2-4-12(9-11)15-7-8-17-13-10-14-5-6-16-13/h2-6,9-10,15H,7-8H2,1H3. The van der Waals surface area contributed by atoms with Crippen molar-refractivity contribution in [1.82, 2.24) is 9.97 Å². The minimum atomic E-state index is 0.921. The van der Waals surface area contributed by atoms with Gasteiger partial charge in [0, 0.05) is 30.4 Å². The number of aryl methyl sites for hydroxylation is 1. The molecule has 0 radical (unpaired) electrons. The van der Waals surface area contributed by atoms with Crippen molar-refractivity contribution in [2.45, 2.75) is 11.9 Å². The van der Waals surface area contributed by atoms with Crippen LogP contribution in [0.15, 0.2) is 47.9 Å². The molecule has 1 N–H and O–H groups in total. The van der Waals surface area contributed by atoms with E-state index in [1.54, 1.807) is 30.4 Å². The minimum Gasteiger partial charge on any atom is -0.384 e. The molecule has 2 rings (SSSR count). The van der Waals surface area contributed by atoms with Crippen molar-refractivity contribution in [2.75, 3.05) is 17.6 Å². The number of nitrogens with zero attached hydrogens (tertiary/aromatic N) is 2. The second kappa shape index (κ2) is 6.25. The lowest BCUT2D eigenvalue weighted by atomic mass is 10.2. The molecular formula is C13H15N3S. The zero-order valence-corrected chi connectivity index (χ0v) is 10.6. The highest BCUT2D eigenvalue weighted by Gasteiger charge is 1.95. The summed E-state index contributed by atoms with van der Waals surface area (Å²) in [6.07, 6.45) is 5.20. The molecule has 88 valence electrons. The van der Waals surface area contributed by atoms with Crippen molar-refractivity contribution in [3.8, 4) is 0 Å². The molecule has 0 aliphatic heterocycles. The van der Waals surface area contributed by atoms with Crippen LogP contribution in [0.5, 0.6) is 0 Å². The van der Waals surface area contributed by atoms with Gasteiger partial charge < -0.3 is 5.32 Å². The summed E-state index contributed by atoms with van der Waals surface area (Å²) >= 11 is 1.71. The summed E-state index contributed by atoms with van der Waals surface area (Å²) in [7, 11) is 0. The topological polar surface area (TPSA) is 37.8 Å². The van der Waals surface area contributed by atoms with Crippen molar-refractivity contribution >= 4 is 17.4 Å². The monoisotopic (exact) mass is 245 g/mol. The van der Waals surface area contributed by atoms with Crippen molar-refractivity contribution in [1.29, 1.82) is 0 Å². The van der Waals surface area contributed by atoms with E-state index >= 15 is 0 Å². The van der Waals surface area contributed by atoms with Crippen LogP contribution in [-0.2, 0) is 0 Å². The van der Waals surface area contributed by atoms with Crippen LogP contribution in [-0.4, -0.2) is 22.3 Å². The highest BCUT2D eigenvalue weighted by Crippen LogP contribution is 2.13. The number of hydrogen-bond donors (Lipinski definition) is 1. The lowest BCUT2D eigenvalue weighted by Gasteiger charge is -2.06. The molecule has 3 nitrogen and oxygen atoms in total. The average molecular weight is 245 g/mol. The Balaban J connectivity index is 1.73. The Kier molecular flexibility index (Phi) is 4.38. The van der Waals surface area contributed by atoms with Crippen LogP contribution in [0.1, 0.15) is 5.56 Å². The number of nitrogens with one attached hydrogen (secondary N) is 1. The molecule has 0 atom stereocenters. The summed E-state index contributed by atoms with van der Waals surface area (Å²) in [4.78, 5) is 8.24. The van der Waals surface area contributed by atoms with Crippen LogP contribution in [0.4, 0.5) is 5.69 Å². The SMILES string of the molecule is Cc1cccc(NCCSc2cnccn2)c1. The van der Waals surface area contributed by atoms with E-state index in [9.17, 15) is 0 Å². The maximum atomic E-state index is 4.21. The van der Waals surface area contributed by atoms with Gasteiger partial charge in [0.15, 0.2) is 0 Å². The molecule has 0 unspecified atom stereocenters. The number of thioether (sulfide) groups is 1. The van der Waals surface area contributed by atoms with Gasteiger partial charge in [0.2, 0.25) is 0 Å². The van der Waals surface area contributed by atoms with Crippen LogP contribution in [0.25, 0.3) is 0 Å². The zero-order valence-electron chi connectivity index (χ0n) is 9.76. The minimum absolute atomic E-state index is 0.921. The summed E-state index contributed by atoms with van der Waals surface area (Å²) in [5, 5.41) is 4.36. The molecule has 4 heteroatoms. The lowest BCUT2D eigenvalue weighted by molar-refractivity contribution is 1.05. The van der Waals surface area contributed by atoms with E-state index in [0.717, 1.165) is 17.3 Å². The maximum absolute atomic E-state index is 4.21. The molecule has 0 fully saturated rings. The Hall–Kier alpha value is -1.55. The van der Waals surface area contributed by atoms with Gasteiger partial charge in [-0.2, -0.15) is 0 Å². The Morgan fingerprint density at radius 1 is 1.29 bits per heavy atom. The van der Waals surface area contributed by atoms with E-state index in [1.807, 2.05) is 0 Å². The number of aromatic nitrogens is 2. The molecule has 0 aliphatic rings. The molecule has 1 aromatic heterocycles.